The van der Waals surface area contributed by atoms with Crippen LogP contribution in [-0.4, -0.2) is 23.9 Å². The first kappa shape index (κ1) is 12.4. The summed E-state index contributed by atoms with van der Waals surface area (Å²) in [5.74, 6) is 0.107. The number of piperidine rings is 1. The molecule has 0 radical (unpaired) electrons. The van der Waals surface area contributed by atoms with Gasteiger partial charge in [-0.2, -0.15) is 0 Å². The van der Waals surface area contributed by atoms with Crippen molar-refractivity contribution in [1.82, 2.24) is 4.90 Å². The van der Waals surface area contributed by atoms with Crippen LogP contribution in [0.3, 0.4) is 0 Å². The molecule has 2 rings (SSSR count). The number of nitrogens with zero attached hydrogens (tertiary/aromatic N) is 1. The van der Waals surface area contributed by atoms with Gasteiger partial charge in [-0.15, -0.1) is 0 Å². The highest BCUT2D eigenvalue weighted by Crippen LogP contribution is 2.24. The molecule has 17 heavy (non-hydrogen) atoms. The summed E-state index contributed by atoms with van der Waals surface area (Å²) in [6.07, 6.45) is 3.44. The van der Waals surface area contributed by atoms with Gasteiger partial charge in [0.25, 0.3) is 5.91 Å². The fraction of sp³-hybridized carbons (Fsp3) is 0.462. The predicted octanol–water partition coefficient (Wildman–Crippen LogP) is 2.97. The number of halogens is 1. The summed E-state index contributed by atoms with van der Waals surface area (Å²) in [5.41, 5.74) is 8.15. The molecule has 1 saturated heterocycles. The summed E-state index contributed by atoms with van der Waals surface area (Å²) in [6, 6.07) is 3.70. The number of anilines is 1. The van der Waals surface area contributed by atoms with E-state index in [9.17, 15) is 4.79 Å². The molecule has 0 aromatic heterocycles. The van der Waals surface area contributed by atoms with Crippen LogP contribution in [0.25, 0.3) is 0 Å². The molecule has 0 unspecified atom stereocenters. The predicted molar refractivity (Wildman–Crippen MR) is 73.0 cm³/mol. The minimum Gasteiger partial charge on any atom is -0.398 e. The Bertz CT molecular complexity index is 439. The highest BCUT2D eigenvalue weighted by atomic mass is 79.9. The van der Waals surface area contributed by atoms with Gasteiger partial charge in [0, 0.05) is 28.8 Å². The fourth-order valence-electron chi connectivity index (χ4n) is 2.19. The Morgan fingerprint density at radius 1 is 1.29 bits per heavy atom. The maximum atomic E-state index is 12.4. The Balaban J connectivity index is 2.29. The van der Waals surface area contributed by atoms with E-state index in [1.54, 1.807) is 0 Å². The minimum atomic E-state index is 0.107. The molecule has 3 nitrogen and oxygen atoms in total. The van der Waals surface area contributed by atoms with Gasteiger partial charge in [0.1, 0.15) is 0 Å². The smallest absolute Gasteiger partial charge is 0.254 e. The van der Waals surface area contributed by atoms with Crippen molar-refractivity contribution < 1.29 is 4.79 Å². The number of hydrogen-bond donors (Lipinski definition) is 1. The van der Waals surface area contributed by atoms with Gasteiger partial charge in [0.05, 0.1) is 0 Å². The van der Waals surface area contributed by atoms with Crippen molar-refractivity contribution in [2.45, 2.75) is 26.2 Å². The first-order valence-electron chi connectivity index (χ1n) is 5.94. The molecule has 0 bridgehead atoms. The average Bonchev–Trinajstić information content (AvgIpc) is 2.34. The number of amides is 1. The number of likely N-dealkylation sites (tertiary alicyclic amines) is 1. The zero-order valence-electron chi connectivity index (χ0n) is 10.0. The summed E-state index contributed by atoms with van der Waals surface area (Å²) >= 11 is 3.39. The molecule has 2 N–H and O–H groups in total. The van der Waals surface area contributed by atoms with E-state index in [0.29, 0.717) is 5.69 Å². The molecule has 1 amide bonds. The number of hydrogen-bond acceptors (Lipinski definition) is 2. The maximum Gasteiger partial charge on any atom is 0.254 e. The number of rotatable bonds is 1. The molecular weight excluding hydrogens is 280 g/mol. The highest BCUT2D eigenvalue weighted by molar-refractivity contribution is 9.10. The molecular formula is C13H17BrN2O. The van der Waals surface area contributed by atoms with E-state index in [2.05, 4.69) is 15.9 Å². The number of benzene rings is 1. The van der Waals surface area contributed by atoms with Gasteiger partial charge in [-0.05, 0) is 43.9 Å². The van der Waals surface area contributed by atoms with Crippen LogP contribution in [0.5, 0.6) is 0 Å². The molecule has 1 heterocycles. The molecule has 0 saturated carbocycles. The maximum absolute atomic E-state index is 12.4. The van der Waals surface area contributed by atoms with Crippen LogP contribution in [0.2, 0.25) is 0 Å². The molecule has 0 aliphatic carbocycles. The summed E-state index contributed by atoms with van der Waals surface area (Å²) in [7, 11) is 0. The standard InChI is InChI=1S/C13H17BrN2O/c1-9-11(7-10(14)8-12(9)15)13(17)16-5-3-2-4-6-16/h7-8H,2-6,15H2,1H3. The van der Waals surface area contributed by atoms with Crippen LogP contribution < -0.4 is 5.73 Å². The third kappa shape index (κ3) is 2.63. The topological polar surface area (TPSA) is 46.3 Å². The lowest BCUT2D eigenvalue weighted by molar-refractivity contribution is 0.0723. The van der Waals surface area contributed by atoms with Crippen LogP contribution in [0.4, 0.5) is 5.69 Å². The second-order valence-corrected chi connectivity index (χ2v) is 5.44. The van der Waals surface area contributed by atoms with Gasteiger partial charge in [-0.25, -0.2) is 0 Å². The summed E-state index contributed by atoms with van der Waals surface area (Å²) in [4.78, 5) is 14.3. The SMILES string of the molecule is Cc1c(N)cc(Br)cc1C(=O)N1CCCCC1. The molecule has 0 spiro atoms. The zero-order valence-corrected chi connectivity index (χ0v) is 11.6. The molecule has 1 aromatic carbocycles. The average molecular weight is 297 g/mol. The second kappa shape index (κ2) is 5.08. The van der Waals surface area contributed by atoms with E-state index in [1.807, 2.05) is 24.0 Å². The number of carbonyl (C=O) groups excluding carboxylic acids is 1. The Kier molecular flexibility index (Phi) is 3.72. The third-order valence-electron chi connectivity index (χ3n) is 3.29. The van der Waals surface area contributed by atoms with Crippen molar-refractivity contribution in [2.75, 3.05) is 18.8 Å². The van der Waals surface area contributed by atoms with E-state index in [0.717, 1.165) is 41.5 Å². The van der Waals surface area contributed by atoms with E-state index >= 15 is 0 Å². The Labute approximate surface area is 110 Å². The van der Waals surface area contributed by atoms with Crippen molar-refractivity contribution in [1.29, 1.82) is 0 Å². The minimum absolute atomic E-state index is 0.107. The van der Waals surface area contributed by atoms with Crippen molar-refractivity contribution in [2.24, 2.45) is 0 Å². The highest BCUT2D eigenvalue weighted by Gasteiger charge is 2.20. The third-order valence-corrected chi connectivity index (χ3v) is 3.74. The monoisotopic (exact) mass is 296 g/mol. The summed E-state index contributed by atoms with van der Waals surface area (Å²) in [6.45, 7) is 3.63. The Hall–Kier alpha value is -1.03. The van der Waals surface area contributed by atoms with Crippen LogP contribution in [0.15, 0.2) is 16.6 Å². The molecule has 1 aliphatic heterocycles. The van der Waals surface area contributed by atoms with Crippen molar-refractivity contribution >= 4 is 27.5 Å². The lowest BCUT2D eigenvalue weighted by Crippen LogP contribution is -2.36. The van der Waals surface area contributed by atoms with E-state index in [-0.39, 0.29) is 5.91 Å². The van der Waals surface area contributed by atoms with Crippen molar-refractivity contribution in [3.05, 3.63) is 27.7 Å². The van der Waals surface area contributed by atoms with Gasteiger partial charge in [0.15, 0.2) is 0 Å². The van der Waals surface area contributed by atoms with E-state index in [4.69, 9.17) is 5.73 Å². The zero-order chi connectivity index (χ0) is 12.4. The summed E-state index contributed by atoms with van der Waals surface area (Å²) < 4.78 is 0.862. The second-order valence-electron chi connectivity index (χ2n) is 4.52. The lowest BCUT2D eigenvalue weighted by atomic mass is 10.0. The normalized spacial score (nSPS) is 16.0. The van der Waals surface area contributed by atoms with Crippen LogP contribution >= 0.6 is 15.9 Å². The largest absolute Gasteiger partial charge is 0.398 e. The lowest BCUT2D eigenvalue weighted by Gasteiger charge is -2.27. The number of nitrogens with two attached hydrogens (primary N) is 1. The van der Waals surface area contributed by atoms with Gasteiger partial charge in [-0.1, -0.05) is 15.9 Å². The van der Waals surface area contributed by atoms with Gasteiger partial charge < -0.3 is 10.6 Å². The van der Waals surface area contributed by atoms with Gasteiger partial charge in [0.2, 0.25) is 0 Å². The number of nitrogen functional groups attached to an aromatic ring is 1. The quantitative estimate of drug-likeness (QED) is 0.810. The van der Waals surface area contributed by atoms with Crippen molar-refractivity contribution in [3.63, 3.8) is 0 Å². The molecule has 92 valence electrons. The molecule has 4 heteroatoms. The van der Waals surface area contributed by atoms with Crippen LogP contribution in [0, 0.1) is 6.92 Å². The molecule has 0 atom stereocenters. The first-order valence-corrected chi connectivity index (χ1v) is 6.74. The fourth-order valence-corrected chi connectivity index (χ4v) is 2.67. The van der Waals surface area contributed by atoms with Gasteiger partial charge in [-0.3, -0.25) is 4.79 Å². The molecule has 1 aromatic rings. The molecule has 1 aliphatic rings. The van der Waals surface area contributed by atoms with Crippen molar-refractivity contribution in [3.8, 4) is 0 Å². The Morgan fingerprint density at radius 3 is 2.59 bits per heavy atom. The van der Waals surface area contributed by atoms with E-state index in [1.165, 1.54) is 6.42 Å². The molecule has 1 fully saturated rings. The van der Waals surface area contributed by atoms with Crippen LogP contribution in [-0.2, 0) is 0 Å². The first-order chi connectivity index (χ1) is 8.09. The number of carbonyl (C=O) groups is 1. The van der Waals surface area contributed by atoms with E-state index < -0.39 is 0 Å². The van der Waals surface area contributed by atoms with Gasteiger partial charge >= 0.3 is 0 Å². The summed E-state index contributed by atoms with van der Waals surface area (Å²) in [5, 5.41) is 0. The Morgan fingerprint density at radius 2 is 1.94 bits per heavy atom. The van der Waals surface area contributed by atoms with Crippen LogP contribution in [0.1, 0.15) is 35.2 Å².